The van der Waals surface area contributed by atoms with Crippen LogP contribution in [0, 0.1) is 6.92 Å². The molecule has 0 unspecified atom stereocenters. The lowest BCUT2D eigenvalue weighted by molar-refractivity contribution is -0.132. The van der Waals surface area contributed by atoms with E-state index in [1.165, 1.54) is 5.56 Å². The summed E-state index contributed by atoms with van der Waals surface area (Å²) in [6, 6.07) is 23.9. The van der Waals surface area contributed by atoms with Gasteiger partial charge < -0.3 is 9.80 Å². The molecule has 0 fully saturated rings. The molecular formula is C31H35Cl2N5OS. The van der Waals surface area contributed by atoms with Gasteiger partial charge in [-0.2, -0.15) is 0 Å². The predicted octanol–water partition coefficient (Wildman–Crippen LogP) is 7.40. The van der Waals surface area contributed by atoms with Crippen molar-refractivity contribution >= 4 is 40.9 Å². The van der Waals surface area contributed by atoms with E-state index in [4.69, 9.17) is 23.2 Å². The molecule has 0 aliphatic rings. The summed E-state index contributed by atoms with van der Waals surface area (Å²) < 4.78 is 2.02. The smallest absolute Gasteiger partial charge is 0.222 e. The number of carbonyl (C=O) groups excluding carboxylic acids is 1. The molecule has 9 heteroatoms. The van der Waals surface area contributed by atoms with E-state index in [2.05, 4.69) is 46.3 Å². The summed E-state index contributed by atoms with van der Waals surface area (Å²) in [5.41, 5.74) is 4.15. The number of aryl methyl sites for hydroxylation is 1. The lowest BCUT2D eigenvalue weighted by atomic mass is 10.1. The molecule has 0 saturated carbocycles. The number of rotatable bonds is 13. The van der Waals surface area contributed by atoms with E-state index in [-0.39, 0.29) is 5.91 Å². The van der Waals surface area contributed by atoms with Crippen molar-refractivity contribution in [3.63, 3.8) is 0 Å². The van der Waals surface area contributed by atoms with Gasteiger partial charge in [-0.25, -0.2) is 0 Å². The molecule has 0 N–H and O–H groups in total. The zero-order valence-corrected chi connectivity index (χ0v) is 25.5. The standard InChI is InChI=1S/C31H35Cl2N5OS/c1-23-12-14-25(15-13-23)30-34-35-31(38(30)26-16-17-27(32)28(33)21-26)40-20-8-7-11-29(39)37(19-18-36(2)3)22-24-9-5-4-6-10-24/h4-6,9-10,12-17,21H,7-8,11,18-20,22H2,1-3H3. The van der Waals surface area contributed by atoms with Crippen molar-refractivity contribution in [3.05, 3.63) is 94.0 Å². The molecule has 0 saturated heterocycles. The molecule has 3 aromatic carbocycles. The number of carbonyl (C=O) groups is 1. The second-order valence-electron chi connectivity index (χ2n) is 10.0. The van der Waals surface area contributed by atoms with Gasteiger partial charge in [0.2, 0.25) is 5.91 Å². The highest BCUT2D eigenvalue weighted by atomic mass is 35.5. The van der Waals surface area contributed by atoms with Crippen LogP contribution >= 0.6 is 35.0 Å². The van der Waals surface area contributed by atoms with Gasteiger partial charge in [0, 0.05) is 37.4 Å². The molecule has 4 rings (SSSR count). The topological polar surface area (TPSA) is 54.3 Å². The maximum Gasteiger partial charge on any atom is 0.222 e. The number of amides is 1. The molecule has 0 radical (unpaired) electrons. The molecule has 210 valence electrons. The number of aromatic nitrogens is 3. The van der Waals surface area contributed by atoms with Gasteiger partial charge in [-0.1, -0.05) is 95.1 Å². The fourth-order valence-electron chi connectivity index (χ4n) is 4.23. The Balaban J connectivity index is 1.40. The average molecular weight is 597 g/mol. The highest BCUT2D eigenvalue weighted by Gasteiger charge is 2.18. The first-order valence-electron chi connectivity index (χ1n) is 13.4. The Bertz CT molecular complexity index is 1390. The average Bonchev–Trinajstić information content (AvgIpc) is 3.37. The molecule has 1 amide bonds. The van der Waals surface area contributed by atoms with E-state index >= 15 is 0 Å². The van der Waals surface area contributed by atoms with Crippen molar-refractivity contribution in [2.24, 2.45) is 0 Å². The third-order valence-electron chi connectivity index (χ3n) is 6.51. The molecule has 0 atom stereocenters. The molecule has 6 nitrogen and oxygen atoms in total. The van der Waals surface area contributed by atoms with E-state index in [0.29, 0.717) is 29.6 Å². The van der Waals surface area contributed by atoms with Crippen LogP contribution < -0.4 is 0 Å². The Hall–Kier alpha value is -2.84. The minimum absolute atomic E-state index is 0.191. The SMILES string of the molecule is Cc1ccc(-c2nnc(SCCCCC(=O)N(CCN(C)C)Cc3ccccc3)n2-c2ccc(Cl)c(Cl)c2)cc1. The van der Waals surface area contributed by atoms with Gasteiger partial charge in [0.25, 0.3) is 0 Å². The Labute approximate surface area is 251 Å². The van der Waals surface area contributed by atoms with Crippen molar-refractivity contribution in [1.29, 1.82) is 0 Å². The Kier molecular flexibility index (Phi) is 11.1. The Morgan fingerprint density at radius 3 is 2.35 bits per heavy atom. The molecule has 40 heavy (non-hydrogen) atoms. The van der Waals surface area contributed by atoms with E-state index in [9.17, 15) is 4.79 Å². The minimum Gasteiger partial charge on any atom is -0.337 e. The number of nitrogens with zero attached hydrogens (tertiary/aromatic N) is 5. The largest absolute Gasteiger partial charge is 0.337 e. The maximum absolute atomic E-state index is 13.1. The van der Waals surface area contributed by atoms with Crippen LogP contribution in [-0.2, 0) is 11.3 Å². The van der Waals surface area contributed by atoms with Gasteiger partial charge >= 0.3 is 0 Å². The van der Waals surface area contributed by atoms with E-state index in [1.54, 1.807) is 17.8 Å². The minimum atomic E-state index is 0.191. The first-order chi connectivity index (χ1) is 19.3. The number of thioether (sulfide) groups is 1. The Morgan fingerprint density at radius 1 is 0.900 bits per heavy atom. The Morgan fingerprint density at radius 2 is 1.65 bits per heavy atom. The zero-order chi connectivity index (χ0) is 28.5. The van der Waals surface area contributed by atoms with Crippen LogP contribution in [0.5, 0.6) is 0 Å². The van der Waals surface area contributed by atoms with Crippen molar-refractivity contribution in [2.75, 3.05) is 32.9 Å². The van der Waals surface area contributed by atoms with Crippen molar-refractivity contribution < 1.29 is 4.79 Å². The molecular weight excluding hydrogens is 561 g/mol. The number of likely N-dealkylation sites (N-methyl/N-ethyl adjacent to an activating group) is 1. The van der Waals surface area contributed by atoms with Crippen LogP contribution in [0.15, 0.2) is 78.0 Å². The van der Waals surface area contributed by atoms with Crippen LogP contribution in [0.1, 0.15) is 30.4 Å². The third-order valence-corrected chi connectivity index (χ3v) is 8.26. The third kappa shape index (κ3) is 8.33. The van der Waals surface area contributed by atoms with Gasteiger partial charge in [-0.3, -0.25) is 9.36 Å². The molecule has 0 aliphatic heterocycles. The summed E-state index contributed by atoms with van der Waals surface area (Å²) in [6.07, 6.45) is 2.22. The molecule has 0 bridgehead atoms. The van der Waals surface area contributed by atoms with E-state index in [0.717, 1.165) is 52.9 Å². The summed E-state index contributed by atoms with van der Waals surface area (Å²) >= 11 is 14.2. The van der Waals surface area contributed by atoms with Crippen LogP contribution in [0.25, 0.3) is 17.1 Å². The van der Waals surface area contributed by atoms with Gasteiger partial charge in [0.05, 0.1) is 15.7 Å². The van der Waals surface area contributed by atoms with Gasteiger partial charge in [0.1, 0.15) is 0 Å². The number of hydrogen-bond acceptors (Lipinski definition) is 5. The summed E-state index contributed by atoms with van der Waals surface area (Å²) in [5.74, 6) is 1.75. The van der Waals surface area contributed by atoms with Crippen molar-refractivity contribution in [2.45, 2.75) is 37.9 Å². The molecule has 1 heterocycles. The lowest BCUT2D eigenvalue weighted by Gasteiger charge is -2.24. The van der Waals surface area contributed by atoms with Gasteiger partial charge in [0.15, 0.2) is 11.0 Å². The molecule has 4 aromatic rings. The summed E-state index contributed by atoms with van der Waals surface area (Å²) in [7, 11) is 4.06. The highest BCUT2D eigenvalue weighted by molar-refractivity contribution is 7.99. The van der Waals surface area contributed by atoms with E-state index < -0.39 is 0 Å². The monoisotopic (exact) mass is 595 g/mol. The first-order valence-corrected chi connectivity index (χ1v) is 15.1. The van der Waals surface area contributed by atoms with Crippen LogP contribution in [0.4, 0.5) is 0 Å². The van der Waals surface area contributed by atoms with Gasteiger partial charge in [-0.15, -0.1) is 10.2 Å². The number of unbranched alkanes of at least 4 members (excludes halogenated alkanes) is 1. The zero-order valence-electron chi connectivity index (χ0n) is 23.2. The predicted molar refractivity (Wildman–Crippen MR) is 167 cm³/mol. The fourth-order valence-corrected chi connectivity index (χ4v) is 5.47. The van der Waals surface area contributed by atoms with Crippen LogP contribution in [0.2, 0.25) is 10.0 Å². The second kappa shape index (κ2) is 14.7. The van der Waals surface area contributed by atoms with Gasteiger partial charge in [-0.05, 0) is 57.6 Å². The first kappa shape index (κ1) is 30.1. The normalized spacial score (nSPS) is 11.2. The van der Waals surface area contributed by atoms with E-state index in [1.807, 2.05) is 66.0 Å². The molecule has 1 aromatic heterocycles. The maximum atomic E-state index is 13.1. The lowest BCUT2D eigenvalue weighted by Crippen LogP contribution is -2.36. The highest BCUT2D eigenvalue weighted by Crippen LogP contribution is 2.32. The summed E-state index contributed by atoms with van der Waals surface area (Å²) in [6.45, 7) is 4.24. The summed E-state index contributed by atoms with van der Waals surface area (Å²) in [4.78, 5) is 17.2. The second-order valence-corrected chi connectivity index (χ2v) is 11.9. The fraction of sp³-hybridized carbons (Fsp3) is 0.323. The quantitative estimate of drug-likeness (QED) is 0.119. The van der Waals surface area contributed by atoms with Crippen LogP contribution in [0.3, 0.4) is 0 Å². The number of hydrogen-bond donors (Lipinski definition) is 0. The number of benzene rings is 3. The van der Waals surface area contributed by atoms with Crippen molar-refractivity contribution in [1.82, 2.24) is 24.6 Å². The molecule has 0 aliphatic carbocycles. The van der Waals surface area contributed by atoms with Crippen molar-refractivity contribution in [3.8, 4) is 17.1 Å². The van der Waals surface area contributed by atoms with Crippen LogP contribution in [-0.4, -0.2) is 63.4 Å². The summed E-state index contributed by atoms with van der Waals surface area (Å²) in [5, 5.41) is 10.8. The molecule has 0 spiro atoms. The number of halogens is 2.